The van der Waals surface area contributed by atoms with Crippen LogP contribution in [0.25, 0.3) is 11.5 Å². The van der Waals surface area contributed by atoms with Crippen molar-refractivity contribution in [3.05, 3.63) is 42.2 Å². The van der Waals surface area contributed by atoms with E-state index in [0.29, 0.717) is 17.1 Å². The van der Waals surface area contributed by atoms with Gasteiger partial charge < -0.3 is 26.3 Å². The maximum absolute atomic E-state index is 12.6. The van der Waals surface area contributed by atoms with Gasteiger partial charge >= 0.3 is 0 Å². The molecule has 146 valence electrons. The first-order chi connectivity index (χ1) is 13.5. The fraction of sp³-hybridized carbons (Fsp3) is 0.333. The fourth-order valence-corrected chi connectivity index (χ4v) is 3.35. The first-order valence-corrected chi connectivity index (χ1v) is 9.03. The molecule has 1 saturated carbocycles. The number of anilines is 2. The molecule has 3 aromatic rings. The number of amides is 1. The number of nitrogens with two attached hydrogens (primary N) is 2. The topological polar surface area (TPSA) is 158 Å². The molecule has 0 aromatic carbocycles. The third kappa shape index (κ3) is 3.59. The average molecular weight is 383 g/mol. The maximum Gasteiger partial charge on any atom is 0.277 e. The third-order valence-electron chi connectivity index (χ3n) is 4.75. The van der Waals surface area contributed by atoms with E-state index >= 15 is 0 Å². The molecule has 1 unspecified atom stereocenters. The SMILES string of the molecule is Nc1cc(-c2nc(C(=O)Nc3cn(C4CCCC4)nc3C(N)O)co2)ccn1. The van der Waals surface area contributed by atoms with E-state index in [0.717, 1.165) is 25.7 Å². The van der Waals surface area contributed by atoms with Gasteiger partial charge in [0.15, 0.2) is 5.69 Å². The Morgan fingerprint density at radius 1 is 1.39 bits per heavy atom. The van der Waals surface area contributed by atoms with Crippen LogP contribution >= 0.6 is 0 Å². The Bertz CT molecular complexity index is 989. The number of aromatic nitrogens is 4. The van der Waals surface area contributed by atoms with Crippen LogP contribution in [0.15, 0.2) is 35.2 Å². The van der Waals surface area contributed by atoms with Crippen molar-refractivity contribution in [1.29, 1.82) is 0 Å². The molecule has 3 aromatic heterocycles. The molecule has 0 bridgehead atoms. The summed E-state index contributed by atoms with van der Waals surface area (Å²) in [5.41, 5.74) is 12.5. The highest BCUT2D eigenvalue weighted by molar-refractivity contribution is 6.03. The van der Waals surface area contributed by atoms with E-state index in [1.807, 2.05) is 0 Å². The van der Waals surface area contributed by atoms with Crippen LogP contribution in [0.5, 0.6) is 0 Å². The van der Waals surface area contributed by atoms with Gasteiger partial charge in [-0.3, -0.25) is 9.48 Å². The van der Waals surface area contributed by atoms with Gasteiger partial charge in [0.1, 0.15) is 24.0 Å². The molecule has 0 radical (unpaired) electrons. The Labute approximate surface area is 160 Å². The standard InChI is InChI=1S/C18H21N7O3/c19-14-7-10(5-6-21-14)18-23-13(9-28-18)17(27)22-12-8-25(11-3-1-2-4-11)24-15(12)16(20)26/h5-9,11,16,26H,1-4,20H2,(H2,19,21)(H,22,27). The van der Waals surface area contributed by atoms with Crippen molar-refractivity contribution in [3.8, 4) is 11.5 Å². The van der Waals surface area contributed by atoms with Crippen LogP contribution < -0.4 is 16.8 Å². The van der Waals surface area contributed by atoms with Crippen molar-refractivity contribution in [2.24, 2.45) is 5.73 Å². The molecule has 1 atom stereocenters. The van der Waals surface area contributed by atoms with E-state index in [1.54, 1.807) is 23.0 Å². The van der Waals surface area contributed by atoms with Gasteiger partial charge in [-0.25, -0.2) is 9.97 Å². The number of nitrogen functional groups attached to an aromatic ring is 1. The smallest absolute Gasteiger partial charge is 0.277 e. The number of nitrogens with zero attached hydrogens (tertiary/aromatic N) is 4. The van der Waals surface area contributed by atoms with Gasteiger partial charge in [0.25, 0.3) is 5.91 Å². The average Bonchev–Trinajstić information content (AvgIpc) is 3.41. The minimum absolute atomic E-state index is 0.0801. The van der Waals surface area contributed by atoms with Crippen LogP contribution in [0.1, 0.15) is 54.1 Å². The Kier molecular flexibility index (Phi) is 4.80. The molecule has 0 aliphatic heterocycles. The number of pyridine rings is 1. The largest absolute Gasteiger partial charge is 0.444 e. The quantitative estimate of drug-likeness (QED) is 0.486. The number of rotatable bonds is 5. The predicted molar refractivity (Wildman–Crippen MR) is 101 cm³/mol. The van der Waals surface area contributed by atoms with Gasteiger partial charge in [-0.15, -0.1) is 0 Å². The number of aliphatic hydroxyl groups is 1. The Balaban J connectivity index is 1.55. The molecule has 1 aliphatic carbocycles. The molecule has 4 rings (SSSR count). The molecule has 0 saturated heterocycles. The van der Waals surface area contributed by atoms with E-state index in [4.69, 9.17) is 15.9 Å². The fourth-order valence-electron chi connectivity index (χ4n) is 3.35. The van der Waals surface area contributed by atoms with Crippen molar-refractivity contribution < 1.29 is 14.3 Å². The number of carbonyl (C=O) groups excluding carboxylic acids is 1. The summed E-state index contributed by atoms with van der Waals surface area (Å²) < 4.78 is 7.14. The molecule has 10 nitrogen and oxygen atoms in total. The molecule has 10 heteroatoms. The summed E-state index contributed by atoms with van der Waals surface area (Å²) in [5, 5.41) is 16.9. The van der Waals surface area contributed by atoms with Crippen molar-refractivity contribution in [2.45, 2.75) is 38.0 Å². The van der Waals surface area contributed by atoms with Crippen LogP contribution in [-0.4, -0.2) is 30.8 Å². The van der Waals surface area contributed by atoms with Gasteiger partial charge in [0.05, 0.1) is 11.7 Å². The van der Waals surface area contributed by atoms with E-state index in [1.165, 1.54) is 12.5 Å². The van der Waals surface area contributed by atoms with E-state index in [2.05, 4.69) is 20.4 Å². The monoisotopic (exact) mass is 383 g/mol. The highest BCUT2D eigenvalue weighted by Gasteiger charge is 2.24. The summed E-state index contributed by atoms with van der Waals surface area (Å²) in [6, 6.07) is 3.53. The number of hydrogen-bond donors (Lipinski definition) is 4. The van der Waals surface area contributed by atoms with E-state index < -0.39 is 12.1 Å². The molecular formula is C18H21N7O3. The number of oxazole rings is 1. The first-order valence-electron chi connectivity index (χ1n) is 9.03. The van der Waals surface area contributed by atoms with E-state index in [-0.39, 0.29) is 23.3 Å². The summed E-state index contributed by atoms with van der Waals surface area (Å²) >= 11 is 0. The minimum atomic E-state index is -1.30. The lowest BCUT2D eigenvalue weighted by atomic mass is 10.2. The zero-order valence-corrected chi connectivity index (χ0v) is 15.1. The summed E-state index contributed by atoms with van der Waals surface area (Å²) in [7, 11) is 0. The molecule has 1 amide bonds. The van der Waals surface area contributed by atoms with Crippen LogP contribution in [-0.2, 0) is 0 Å². The first kappa shape index (κ1) is 18.1. The second-order valence-corrected chi connectivity index (χ2v) is 6.75. The third-order valence-corrected chi connectivity index (χ3v) is 4.75. The van der Waals surface area contributed by atoms with Crippen LogP contribution in [0.2, 0.25) is 0 Å². The zero-order chi connectivity index (χ0) is 19.7. The Morgan fingerprint density at radius 3 is 2.89 bits per heavy atom. The van der Waals surface area contributed by atoms with Crippen molar-refractivity contribution in [2.75, 3.05) is 11.1 Å². The second kappa shape index (κ2) is 7.41. The molecule has 0 spiro atoms. The molecule has 3 heterocycles. The highest BCUT2D eigenvalue weighted by atomic mass is 16.3. The van der Waals surface area contributed by atoms with Crippen LogP contribution in [0.4, 0.5) is 11.5 Å². The number of carbonyl (C=O) groups is 1. The minimum Gasteiger partial charge on any atom is -0.444 e. The van der Waals surface area contributed by atoms with Crippen molar-refractivity contribution >= 4 is 17.4 Å². The number of hydrogen-bond acceptors (Lipinski definition) is 8. The van der Waals surface area contributed by atoms with Gasteiger partial charge in [-0.05, 0) is 25.0 Å². The zero-order valence-electron chi connectivity index (χ0n) is 15.1. The Hall–Kier alpha value is -3.24. The van der Waals surface area contributed by atoms with Gasteiger partial charge in [-0.2, -0.15) is 5.10 Å². The Morgan fingerprint density at radius 2 is 2.18 bits per heavy atom. The molecule has 1 aliphatic rings. The summed E-state index contributed by atoms with van der Waals surface area (Å²) in [6.45, 7) is 0. The van der Waals surface area contributed by atoms with Gasteiger partial charge in [0, 0.05) is 18.0 Å². The predicted octanol–water partition coefficient (Wildman–Crippen LogP) is 1.83. The maximum atomic E-state index is 12.6. The summed E-state index contributed by atoms with van der Waals surface area (Å²) in [4.78, 5) is 20.7. The lowest BCUT2D eigenvalue weighted by molar-refractivity contribution is 0.102. The summed E-state index contributed by atoms with van der Waals surface area (Å²) in [6.07, 6.45) is 7.47. The normalized spacial score (nSPS) is 15.6. The lowest BCUT2D eigenvalue weighted by Gasteiger charge is -2.08. The number of nitrogens with one attached hydrogen (secondary N) is 1. The van der Waals surface area contributed by atoms with Crippen molar-refractivity contribution in [1.82, 2.24) is 19.7 Å². The number of aliphatic hydroxyl groups excluding tert-OH is 1. The van der Waals surface area contributed by atoms with Gasteiger partial charge in [-0.1, -0.05) is 12.8 Å². The van der Waals surface area contributed by atoms with Crippen LogP contribution in [0.3, 0.4) is 0 Å². The molecular weight excluding hydrogens is 362 g/mol. The van der Waals surface area contributed by atoms with Crippen LogP contribution in [0, 0.1) is 0 Å². The highest BCUT2D eigenvalue weighted by Crippen LogP contribution is 2.31. The summed E-state index contributed by atoms with van der Waals surface area (Å²) in [5.74, 6) is 0.0764. The second-order valence-electron chi connectivity index (χ2n) is 6.75. The lowest BCUT2D eigenvalue weighted by Crippen LogP contribution is -2.16. The van der Waals surface area contributed by atoms with Crippen molar-refractivity contribution in [3.63, 3.8) is 0 Å². The van der Waals surface area contributed by atoms with Gasteiger partial charge in [0.2, 0.25) is 5.89 Å². The molecule has 6 N–H and O–H groups in total. The molecule has 1 fully saturated rings. The van der Waals surface area contributed by atoms with E-state index in [9.17, 15) is 9.90 Å². The molecule has 28 heavy (non-hydrogen) atoms.